The average Bonchev–Trinajstić information content (AvgIpc) is 2.60. The van der Waals surface area contributed by atoms with Crippen LogP contribution in [0.15, 0.2) is 4.79 Å². The van der Waals surface area contributed by atoms with E-state index in [-0.39, 0.29) is 16.9 Å². The molecule has 0 spiro atoms. The highest BCUT2D eigenvalue weighted by Crippen LogP contribution is 2.30. The highest BCUT2D eigenvalue weighted by molar-refractivity contribution is 7.07. The first-order valence-corrected chi connectivity index (χ1v) is 6.48. The van der Waals surface area contributed by atoms with Gasteiger partial charge in [0.25, 0.3) is 5.56 Å². The first-order valence-electron chi connectivity index (χ1n) is 5.71. The fourth-order valence-corrected chi connectivity index (χ4v) is 2.53. The first kappa shape index (κ1) is 12.2. The van der Waals surface area contributed by atoms with Crippen molar-refractivity contribution in [3.8, 4) is 0 Å². The quantitative estimate of drug-likeness (QED) is 0.847. The van der Waals surface area contributed by atoms with Crippen LogP contribution in [0.25, 0.3) is 11.0 Å². The van der Waals surface area contributed by atoms with E-state index >= 15 is 0 Å². The summed E-state index contributed by atoms with van der Waals surface area (Å²) >= 11 is 1.37. The molecule has 4 nitrogen and oxygen atoms in total. The molecule has 17 heavy (non-hydrogen) atoms. The normalized spacial score (nSPS) is 12.6. The van der Waals surface area contributed by atoms with Gasteiger partial charge in [0.2, 0.25) is 0 Å². The minimum Gasteiger partial charge on any atom is -0.310 e. The van der Waals surface area contributed by atoms with Crippen molar-refractivity contribution >= 4 is 22.6 Å². The summed E-state index contributed by atoms with van der Waals surface area (Å²) in [5, 5.41) is 0.645. The van der Waals surface area contributed by atoms with E-state index in [9.17, 15) is 4.79 Å². The molecule has 0 atom stereocenters. The zero-order valence-electron chi connectivity index (χ0n) is 10.8. The zero-order valence-corrected chi connectivity index (χ0v) is 11.6. The van der Waals surface area contributed by atoms with E-state index in [1.807, 2.05) is 13.8 Å². The fraction of sp³-hybridized carbons (Fsp3) is 0.583. The van der Waals surface area contributed by atoms with Crippen molar-refractivity contribution in [2.75, 3.05) is 0 Å². The third-order valence-electron chi connectivity index (χ3n) is 2.60. The molecule has 2 heterocycles. The molecule has 0 radical (unpaired) electrons. The van der Waals surface area contributed by atoms with E-state index in [4.69, 9.17) is 0 Å². The van der Waals surface area contributed by atoms with Gasteiger partial charge in [0.05, 0.1) is 0 Å². The summed E-state index contributed by atoms with van der Waals surface area (Å²) in [7, 11) is 0. The lowest BCUT2D eigenvalue weighted by Crippen LogP contribution is -2.17. The highest BCUT2D eigenvalue weighted by atomic mass is 32.1. The largest absolute Gasteiger partial charge is 0.310 e. The van der Waals surface area contributed by atoms with Gasteiger partial charge < -0.3 is 4.98 Å². The van der Waals surface area contributed by atoms with Crippen LogP contribution in [-0.4, -0.2) is 14.3 Å². The van der Waals surface area contributed by atoms with E-state index in [2.05, 4.69) is 35.1 Å². The standard InChI is InChI=1S/C12H17N3OS/c1-6(2)9-13-10-7(11(16)14-9)8(17-15-10)12(3,4)5/h6H,1-5H3,(H,13,14,15,16). The maximum absolute atomic E-state index is 12.1. The van der Waals surface area contributed by atoms with Gasteiger partial charge in [-0.1, -0.05) is 34.6 Å². The zero-order chi connectivity index (χ0) is 12.8. The van der Waals surface area contributed by atoms with Crippen LogP contribution in [0.5, 0.6) is 0 Å². The summed E-state index contributed by atoms with van der Waals surface area (Å²) in [4.78, 5) is 20.4. The Morgan fingerprint density at radius 2 is 1.94 bits per heavy atom. The number of hydrogen-bond acceptors (Lipinski definition) is 4. The molecule has 0 aliphatic carbocycles. The topological polar surface area (TPSA) is 58.6 Å². The molecular weight excluding hydrogens is 234 g/mol. The van der Waals surface area contributed by atoms with Gasteiger partial charge >= 0.3 is 0 Å². The van der Waals surface area contributed by atoms with E-state index in [0.717, 1.165) is 4.88 Å². The Morgan fingerprint density at radius 1 is 1.29 bits per heavy atom. The van der Waals surface area contributed by atoms with Crippen molar-refractivity contribution in [2.24, 2.45) is 0 Å². The minimum absolute atomic E-state index is 0.0719. The summed E-state index contributed by atoms with van der Waals surface area (Å²) in [6, 6.07) is 0. The van der Waals surface area contributed by atoms with Gasteiger partial charge in [-0.05, 0) is 16.9 Å². The molecule has 0 aliphatic heterocycles. The predicted molar refractivity (Wildman–Crippen MR) is 70.8 cm³/mol. The van der Waals surface area contributed by atoms with Crippen molar-refractivity contribution < 1.29 is 0 Å². The number of aromatic amines is 1. The number of H-pyrrole nitrogens is 1. The number of hydrogen-bond donors (Lipinski definition) is 1. The molecule has 1 N–H and O–H groups in total. The molecule has 2 aromatic heterocycles. The molecule has 0 fully saturated rings. The van der Waals surface area contributed by atoms with E-state index in [1.165, 1.54) is 11.5 Å². The van der Waals surface area contributed by atoms with Crippen LogP contribution in [-0.2, 0) is 5.41 Å². The summed E-state index contributed by atoms with van der Waals surface area (Å²) in [5.74, 6) is 0.903. The molecular formula is C12H17N3OS. The third kappa shape index (κ3) is 2.11. The summed E-state index contributed by atoms with van der Waals surface area (Å²) in [6.07, 6.45) is 0. The second-order valence-electron chi connectivity index (χ2n) is 5.57. The molecule has 0 aliphatic rings. The fourth-order valence-electron chi connectivity index (χ4n) is 1.67. The Kier molecular flexibility index (Phi) is 2.81. The molecule has 0 saturated heterocycles. The van der Waals surface area contributed by atoms with Crippen LogP contribution >= 0.6 is 11.5 Å². The van der Waals surface area contributed by atoms with Gasteiger partial charge in [-0.25, -0.2) is 4.98 Å². The maximum Gasteiger partial charge on any atom is 0.261 e. The highest BCUT2D eigenvalue weighted by Gasteiger charge is 2.23. The Hall–Kier alpha value is -1.23. The van der Waals surface area contributed by atoms with Gasteiger partial charge in [-0.2, -0.15) is 4.37 Å². The molecule has 0 amide bonds. The molecule has 0 aromatic carbocycles. The van der Waals surface area contributed by atoms with Crippen LogP contribution in [0.1, 0.15) is 51.2 Å². The lowest BCUT2D eigenvalue weighted by atomic mass is 9.93. The van der Waals surface area contributed by atoms with Crippen LogP contribution in [0.4, 0.5) is 0 Å². The van der Waals surface area contributed by atoms with Gasteiger partial charge in [-0.3, -0.25) is 4.79 Å². The predicted octanol–water partition coefficient (Wildman–Crippen LogP) is 2.80. The Balaban J connectivity index is 2.76. The van der Waals surface area contributed by atoms with Crippen molar-refractivity contribution in [2.45, 2.75) is 46.0 Å². The van der Waals surface area contributed by atoms with Crippen LogP contribution < -0.4 is 5.56 Å². The molecule has 92 valence electrons. The number of nitrogens with zero attached hydrogens (tertiary/aromatic N) is 2. The van der Waals surface area contributed by atoms with Crippen molar-refractivity contribution in [3.05, 3.63) is 21.1 Å². The first-order chi connectivity index (χ1) is 7.80. The average molecular weight is 251 g/mol. The lowest BCUT2D eigenvalue weighted by molar-refractivity contribution is 0.608. The van der Waals surface area contributed by atoms with Crippen molar-refractivity contribution in [1.29, 1.82) is 0 Å². The third-order valence-corrected chi connectivity index (χ3v) is 3.86. The SMILES string of the molecule is CC(C)c1nc2nsc(C(C)(C)C)c2c(=O)[nH]1. The summed E-state index contributed by atoms with van der Waals surface area (Å²) in [5.41, 5.74) is 0.428. The van der Waals surface area contributed by atoms with Crippen LogP contribution in [0, 0.1) is 0 Å². The number of rotatable bonds is 1. The van der Waals surface area contributed by atoms with E-state index in [1.54, 1.807) is 0 Å². The van der Waals surface area contributed by atoms with Crippen molar-refractivity contribution in [3.63, 3.8) is 0 Å². The smallest absolute Gasteiger partial charge is 0.261 e. The van der Waals surface area contributed by atoms with Gasteiger partial charge in [0.1, 0.15) is 11.2 Å². The number of aromatic nitrogens is 3. The van der Waals surface area contributed by atoms with Gasteiger partial charge in [-0.15, -0.1) is 0 Å². The van der Waals surface area contributed by atoms with Gasteiger partial charge in [0, 0.05) is 10.8 Å². The summed E-state index contributed by atoms with van der Waals surface area (Å²) < 4.78 is 4.30. The van der Waals surface area contributed by atoms with E-state index < -0.39 is 0 Å². The Labute approximate surface area is 104 Å². The molecule has 0 saturated carbocycles. The lowest BCUT2D eigenvalue weighted by Gasteiger charge is -2.15. The molecule has 5 heteroatoms. The minimum atomic E-state index is -0.0759. The molecule has 0 unspecified atom stereocenters. The molecule has 2 aromatic rings. The van der Waals surface area contributed by atoms with Crippen molar-refractivity contribution in [1.82, 2.24) is 14.3 Å². The second-order valence-corrected chi connectivity index (χ2v) is 6.34. The second kappa shape index (κ2) is 3.91. The summed E-state index contributed by atoms with van der Waals surface area (Å²) in [6.45, 7) is 10.2. The maximum atomic E-state index is 12.1. The molecule has 2 rings (SSSR count). The van der Waals surface area contributed by atoms with E-state index in [0.29, 0.717) is 16.9 Å². The Bertz CT molecular complexity index is 604. The van der Waals surface area contributed by atoms with Crippen LogP contribution in [0.2, 0.25) is 0 Å². The number of fused-ring (bicyclic) bond motifs is 1. The van der Waals surface area contributed by atoms with Crippen LogP contribution in [0.3, 0.4) is 0 Å². The molecule has 0 bridgehead atoms. The van der Waals surface area contributed by atoms with Gasteiger partial charge in [0.15, 0.2) is 5.65 Å². The Morgan fingerprint density at radius 3 is 2.47 bits per heavy atom. The number of nitrogens with one attached hydrogen (secondary N) is 1. The monoisotopic (exact) mass is 251 g/mol.